The number of aromatic nitrogens is 1. The quantitative estimate of drug-likeness (QED) is 0.269. The van der Waals surface area contributed by atoms with Crippen LogP contribution in [0, 0.1) is 0 Å². The summed E-state index contributed by atoms with van der Waals surface area (Å²) in [5.74, 6) is 0.469. The predicted octanol–water partition coefficient (Wildman–Crippen LogP) is 2.34. The molecule has 0 saturated carbocycles. The van der Waals surface area contributed by atoms with E-state index < -0.39 is 12.8 Å². The molecule has 6 nitrogen and oxygen atoms in total. The highest BCUT2D eigenvalue weighted by Gasteiger charge is 2.29. The summed E-state index contributed by atoms with van der Waals surface area (Å²) in [4.78, 5) is 8.13. The lowest BCUT2D eigenvalue weighted by atomic mass is 10.3. The minimum atomic E-state index is -4.41. The molecule has 10 heteroatoms. The molecular weight excluding hydrogens is 440 g/mol. The number of hydrogen-bond donors (Lipinski definition) is 2. The molecule has 1 rings (SSSR count). The molecule has 138 valence electrons. The van der Waals surface area contributed by atoms with E-state index >= 15 is 0 Å². The number of alkyl halides is 3. The Balaban J connectivity index is 0.00000529. The Kier molecular flexibility index (Phi) is 11.5. The lowest BCUT2D eigenvalue weighted by Crippen LogP contribution is -2.38. The normalized spacial score (nSPS) is 11.6. The van der Waals surface area contributed by atoms with Crippen LogP contribution >= 0.6 is 24.0 Å². The third-order valence-electron chi connectivity index (χ3n) is 2.57. The summed E-state index contributed by atoms with van der Waals surface area (Å²) in [6.45, 7) is 2.40. The number of hydrogen-bond acceptors (Lipinski definition) is 4. The van der Waals surface area contributed by atoms with E-state index in [1.165, 1.54) is 6.20 Å². The van der Waals surface area contributed by atoms with Crippen LogP contribution in [0.3, 0.4) is 0 Å². The Hall–Kier alpha value is -1.30. The number of methoxy groups -OCH3 is 1. The number of nitrogens with one attached hydrogen (secondary N) is 2. The Morgan fingerprint density at radius 1 is 1.33 bits per heavy atom. The molecule has 0 aliphatic carbocycles. The van der Waals surface area contributed by atoms with Crippen LogP contribution < -0.4 is 15.4 Å². The molecule has 24 heavy (non-hydrogen) atoms. The third-order valence-corrected chi connectivity index (χ3v) is 2.57. The second kappa shape index (κ2) is 12.1. The lowest BCUT2D eigenvalue weighted by molar-refractivity contribution is -0.154. The molecule has 0 aromatic carbocycles. The van der Waals surface area contributed by atoms with E-state index in [0.29, 0.717) is 31.2 Å². The van der Waals surface area contributed by atoms with E-state index in [9.17, 15) is 13.2 Å². The van der Waals surface area contributed by atoms with Crippen LogP contribution in [-0.4, -0.2) is 50.5 Å². The van der Waals surface area contributed by atoms with E-state index in [1.807, 2.05) is 6.92 Å². The maximum atomic E-state index is 12.2. The SMILES string of the molecule is CCNC(=NCc1cccnc1OCC(F)(F)F)NCCOC.I. The molecule has 0 saturated heterocycles. The van der Waals surface area contributed by atoms with Gasteiger partial charge in [0.05, 0.1) is 13.2 Å². The molecule has 1 aromatic rings. The van der Waals surface area contributed by atoms with Crippen molar-refractivity contribution < 1.29 is 22.6 Å². The Morgan fingerprint density at radius 3 is 2.71 bits per heavy atom. The summed E-state index contributed by atoms with van der Waals surface area (Å²) in [6, 6.07) is 3.25. The highest BCUT2D eigenvalue weighted by atomic mass is 127. The van der Waals surface area contributed by atoms with Crippen LogP contribution in [0.1, 0.15) is 12.5 Å². The zero-order valence-electron chi connectivity index (χ0n) is 13.5. The number of rotatable bonds is 8. The maximum absolute atomic E-state index is 12.2. The second-order valence-electron chi connectivity index (χ2n) is 4.49. The number of nitrogens with zero attached hydrogens (tertiary/aromatic N) is 2. The smallest absolute Gasteiger partial charge is 0.422 e. The fourth-order valence-electron chi connectivity index (χ4n) is 1.60. The molecule has 0 aliphatic heterocycles. The largest absolute Gasteiger partial charge is 0.468 e. The predicted molar refractivity (Wildman–Crippen MR) is 95.9 cm³/mol. The summed E-state index contributed by atoms with van der Waals surface area (Å²) in [7, 11) is 1.59. The van der Waals surface area contributed by atoms with Crippen molar-refractivity contribution in [2.45, 2.75) is 19.6 Å². The molecule has 0 unspecified atom stereocenters. The van der Waals surface area contributed by atoms with Crippen molar-refractivity contribution in [1.29, 1.82) is 0 Å². The van der Waals surface area contributed by atoms with Gasteiger partial charge in [0.1, 0.15) is 0 Å². The van der Waals surface area contributed by atoms with Crippen molar-refractivity contribution in [3.63, 3.8) is 0 Å². The van der Waals surface area contributed by atoms with Gasteiger partial charge in [0.15, 0.2) is 12.6 Å². The van der Waals surface area contributed by atoms with E-state index in [1.54, 1.807) is 19.2 Å². The Labute approximate surface area is 156 Å². The van der Waals surface area contributed by atoms with E-state index in [2.05, 4.69) is 20.6 Å². The average Bonchev–Trinajstić information content (AvgIpc) is 2.51. The number of aliphatic imine (C=N–C) groups is 1. The molecule has 1 aromatic heterocycles. The van der Waals surface area contributed by atoms with Gasteiger partial charge in [-0.2, -0.15) is 13.2 Å². The van der Waals surface area contributed by atoms with Crippen molar-refractivity contribution in [3.05, 3.63) is 23.9 Å². The molecular formula is C14H22F3IN4O2. The van der Waals surface area contributed by atoms with Gasteiger partial charge in [-0.05, 0) is 13.0 Å². The first kappa shape index (κ1) is 22.7. The first-order valence-electron chi connectivity index (χ1n) is 7.10. The summed E-state index contributed by atoms with van der Waals surface area (Å²) < 4.78 is 46.4. The van der Waals surface area contributed by atoms with E-state index in [4.69, 9.17) is 9.47 Å². The van der Waals surface area contributed by atoms with Gasteiger partial charge in [-0.25, -0.2) is 9.98 Å². The first-order valence-corrected chi connectivity index (χ1v) is 7.10. The van der Waals surface area contributed by atoms with Crippen LogP contribution in [0.5, 0.6) is 5.88 Å². The van der Waals surface area contributed by atoms with Gasteiger partial charge >= 0.3 is 6.18 Å². The van der Waals surface area contributed by atoms with Crippen molar-refractivity contribution in [2.75, 3.05) is 33.4 Å². The van der Waals surface area contributed by atoms with Crippen molar-refractivity contribution in [1.82, 2.24) is 15.6 Å². The van der Waals surface area contributed by atoms with Crippen LogP contribution in [0.2, 0.25) is 0 Å². The number of ether oxygens (including phenoxy) is 2. The van der Waals surface area contributed by atoms with Gasteiger partial charge < -0.3 is 20.1 Å². The fraction of sp³-hybridized carbons (Fsp3) is 0.571. The maximum Gasteiger partial charge on any atom is 0.422 e. The van der Waals surface area contributed by atoms with Gasteiger partial charge in [-0.15, -0.1) is 24.0 Å². The zero-order valence-corrected chi connectivity index (χ0v) is 15.9. The molecule has 0 radical (unpaired) electrons. The number of pyridine rings is 1. The van der Waals surface area contributed by atoms with Gasteiger partial charge in [0.25, 0.3) is 0 Å². The van der Waals surface area contributed by atoms with Crippen LogP contribution in [-0.2, 0) is 11.3 Å². The molecule has 2 N–H and O–H groups in total. The topological polar surface area (TPSA) is 67.8 Å². The van der Waals surface area contributed by atoms with E-state index in [-0.39, 0.29) is 36.4 Å². The summed E-state index contributed by atoms with van der Waals surface area (Å²) in [5.41, 5.74) is 0.473. The van der Waals surface area contributed by atoms with Crippen LogP contribution in [0.15, 0.2) is 23.3 Å². The second-order valence-corrected chi connectivity index (χ2v) is 4.49. The zero-order chi connectivity index (χ0) is 17.1. The number of halogens is 4. The molecule has 0 aliphatic rings. The molecule has 0 amide bonds. The summed E-state index contributed by atoms with van der Waals surface area (Å²) >= 11 is 0. The first-order chi connectivity index (χ1) is 11.0. The van der Waals surface area contributed by atoms with Crippen molar-refractivity contribution in [3.8, 4) is 5.88 Å². The standard InChI is InChI=1S/C14H21F3N4O2.HI/c1-3-18-13(20-7-8-22-2)21-9-11-5-4-6-19-12(11)23-10-14(15,16)17;/h4-6H,3,7-10H2,1-2H3,(H2,18,20,21);1H. The van der Waals surface area contributed by atoms with Gasteiger partial charge in [0.2, 0.25) is 5.88 Å². The summed E-state index contributed by atoms with van der Waals surface area (Å²) in [5, 5.41) is 6.07. The molecule has 0 bridgehead atoms. The van der Waals surface area contributed by atoms with Crippen molar-refractivity contribution >= 4 is 29.9 Å². The molecule has 0 spiro atoms. The monoisotopic (exact) mass is 462 g/mol. The third kappa shape index (κ3) is 9.75. The highest BCUT2D eigenvalue weighted by molar-refractivity contribution is 14.0. The van der Waals surface area contributed by atoms with E-state index in [0.717, 1.165) is 0 Å². The van der Waals surface area contributed by atoms with Gasteiger partial charge in [-0.3, -0.25) is 0 Å². The van der Waals surface area contributed by atoms with Crippen molar-refractivity contribution in [2.24, 2.45) is 4.99 Å². The fourth-order valence-corrected chi connectivity index (χ4v) is 1.60. The molecule has 0 atom stereocenters. The Morgan fingerprint density at radius 2 is 2.08 bits per heavy atom. The minimum Gasteiger partial charge on any atom is -0.468 e. The van der Waals surface area contributed by atoms with Gasteiger partial charge in [-0.1, -0.05) is 6.07 Å². The average molecular weight is 462 g/mol. The Bertz CT molecular complexity index is 501. The molecule has 0 fully saturated rings. The highest BCUT2D eigenvalue weighted by Crippen LogP contribution is 2.20. The summed E-state index contributed by atoms with van der Waals surface area (Å²) in [6.07, 6.45) is -3.03. The number of guanidine groups is 1. The molecule has 1 heterocycles. The van der Waals surface area contributed by atoms with Crippen LogP contribution in [0.4, 0.5) is 13.2 Å². The minimum absolute atomic E-state index is 0. The lowest BCUT2D eigenvalue weighted by Gasteiger charge is -2.13. The van der Waals surface area contributed by atoms with Gasteiger partial charge in [0, 0.05) is 32.0 Å². The van der Waals surface area contributed by atoms with Crippen LogP contribution in [0.25, 0.3) is 0 Å².